The van der Waals surface area contributed by atoms with E-state index in [2.05, 4.69) is 4.99 Å². The first kappa shape index (κ1) is 8.37. The van der Waals surface area contributed by atoms with Crippen LogP contribution in [-0.4, -0.2) is 12.3 Å². The van der Waals surface area contributed by atoms with Crippen molar-refractivity contribution in [2.75, 3.05) is 0 Å². The van der Waals surface area contributed by atoms with Crippen molar-refractivity contribution in [1.29, 1.82) is 5.41 Å². The monoisotopic (exact) mass is 160 g/mol. The van der Waals surface area contributed by atoms with Gasteiger partial charge in [0.15, 0.2) is 0 Å². The molecule has 0 aliphatic rings. The van der Waals surface area contributed by atoms with Crippen LogP contribution >= 0.6 is 0 Å². The average Bonchev–Trinajstić information content (AvgIpc) is 2.15. The maximum absolute atomic E-state index is 9.95. The van der Waals surface area contributed by atoms with Gasteiger partial charge in [0.2, 0.25) is 6.08 Å². The number of hydrogen-bond acceptors (Lipinski definition) is 3. The maximum Gasteiger partial charge on any atom is 0.235 e. The lowest BCUT2D eigenvalue weighted by atomic mass is 10.1. The van der Waals surface area contributed by atoms with E-state index in [1.807, 2.05) is 30.3 Å². The normalized spacial score (nSPS) is 11.3. The van der Waals surface area contributed by atoms with Crippen LogP contribution < -0.4 is 0 Å². The van der Waals surface area contributed by atoms with Gasteiger partial charge in [-0.3, -0.25) is 0 Å². The lowest BCUT2D eigenvalue weighted by Crippen LogP contribution is -1.94. The van der Waals surface area contributed by atoms with Crippen LogP contribution in [0.5, 0.6) is 0 Å². The third kappa shape index (κ3) is 1.87. The molecule has 3 nitrogen and oxygen atoms in total. The Bertz CT molecular complexity index is 302. The minimum atomic E-state index is -0.483. The summed E-state index contributed by atoms with van der Waals surface area (Å²) in [5.41, 5.74) is 0.829. The summed E-state index contributed by atoms with van der Waals surface area (Å²) in [6, 6.07) is 8.70. The Kier molecular flexibility index (Phi) is 2.94. The predicted molar refractivity (Wildman–Crippen MR) is 46.1 cm³/mol. The van der Waals surface area contributed by atoms with Gasteiger partial charge in [-0.1, -0.05) is 30.3 Å². The highest BCUT2D eigenvalue weighted by atomic mass is 16.1. The Balaban J connectivity index is 2.94. The molecule has 0 amide bonds. The molecule has 1 aromatic carbocycles. The molecule has 0 heterocycles. The van der Waals surface area contributed by atoms with Crippen LogP contribution in [0, 0.1) is 5.41 Å². The Labute approximate surface area is 70.3 Å². The van der Waals surface area contributed by atoms with Gasteiger partial charge in [-0.15, -0.1) is 0 Å². The molecule has 1 aromatic rings. The fourth-order valence-corrected chi connectivity index (χ4v) is 0.915. The Hall–Kier alpha value is -1.73. The van der Waals surface area contributed by atoms with E-state index < -0.39 is 6.04 Å². The fraction of sp³-hybridized carbons (Fsp3) is 0.111. The number of aliphatic imine (C=N–C) groups is 1. The van der Waals surface area contributed by atoms with E-state index in [1.165, 1.54) is 6.08 Å². The summed E-state index contributed by atoms with van der Waals surface area (Å²) < 4.78 is 0. The van der Waals surface area contributed by atoms with Crippen molar-refractivity contribution < 1.29 is 4.79 Å². The van der Waals surface area contributed by atoms with Crippen molar-refractivity contribution in [2.45, 2.75) is 6.04 Å². The molecule has 0 aliphatic carbocycles. The minimum absolute atomic E-state index is 0.483. The standard InChI is InChI=1S/C9H8N2O/c10-6-9(11-7-12)8-4-2-1-3-5-8/h1-6,9-10H. The number of rotatable bonds is 3. The van der Waals surface area contributed by atoms with Crippen molar-refractivity contribution in [3.63, 3.8) is 0 Å². The van der Waals surface area contributed by atoms with Crippen molar-refractivity contribution in [2.24, 2.45) is 4.99 Å². The van der Waals surface area contributed by atoms with E-state index in [9.17, 15) is 4.79 Å². The maximum atomic E-state index is 9.95. The third-order valence-electron chi connectivity index (χ3n) is 1.49. The summed E-state index contributed by atoms with van der Waals surface area (Å²) in [6.45, 7) is 0. The molecule has 0 fully saturated rings. The van der Waals surface area contributed by atoms with Gasteiger partial charge >= 0.3 is 0 Å². The predicted octanol–water partition coefficient (Wildman–Crippen LogP) is 1.71. The highest BCUT2D eigenvalue weighted by molar-refractivity contribution is 5.65. The van der Waals surface area contributed by atoms with E-state index >= 15 is 0 Å². The van der Waals surface area contributed by atoms with E-state index in [-0.39, 0.29) is 0 Å². The van der Waals surface area contributed by atoms with Gasteiger partial charge < -0.3 is 5.41 Å². The van der Waals surface area contributed by atoms with Crippen LogP contribution in [-0.2, 0) is 4.79 Å². The van der Waals surface area contributed by atoms with Crippen molar-refractivity contribution in [1.82, 2.24) is 0 Å². The molecule has 0 bridgehead atoms. The second-order valence-corrected chi connectivity index (χ2v) is 2.24. The molecule has 0 aliphatic heterocycles. The first-order valence-electron chi connectivity index (χ1n) is 3.51. The summed E-state index contributed by atoms with van der Waals surface area (Å²) in [4.78, 5) is 13.4. The van der Waals surface area contributed by atoms with Gasteiger partial charge in [0.1, 0.15) is 6.04 Å². The first-order valence-corrected chi connectivity index (χ1v) is 3.51. The molecule has 1 unspecified atom stereocenters. The van der Waals surface area contributed by atoms with Crippen LogP contribution in [0.1, 0.15) is 11.6 Å². The number of nitrogens with one attached hydrogen (secondary N) is 1. The number of benzene rings is 1. The zero-order valence-electron chi connectivity index (χ0n) is 6.40. The van der Waals surface area contributed by atoms with Crippen LogP contribution in [0.15, 0.2) is 35.3 Å². The van der Waals surface area contributed by atoms with Crippen molar-refractivity contribution in [3.05, 3.63) is 35.9 Å². The van der Waals surface area contributed by atoms with Gasteiger partial charge in [0, 0.05) is 6.21 Å². The van der Waals surface area contributed by atoms with Gasteiger partial charge in [0.05, 0.1) is 0 Å². The molecule has 0 spiro atoms. The van der Waals surface area contributed by atoms with E-state index in [1.54, 1.807) is 0 Å². The van der Waals surface area contributed by atoms with Gasteiger partial charge in [-0.2, -0.15) is 4.99 Å². The molecule has 0 aromatic heterocycles. The summed E-state index contributed by atoms with van der Waals surface area (Å²) in [7, 11) is 0. The molecule has 12 heavy (non-hydrogen) atoms. The average molecular weight is 160 g/mol. The van der Waals surface area contributed by atoms with Crippen LogP contribution in [0.25, 0.3) is 0 Å². The molecule has 0 saturated carbocycles. The molecule has 0 saturated heterocycles. The topological polar surface area (TPSA) is 53.3 Å². The number of isocyanates is 1. The largest absolute Gasteiger partial charge is 0.310 e. The van der Waals surface area contributed by atoms with E-state index in [0.29, 0.717) is 0 Å². The number of hydrogen-bond donors (Lipinski definition) is 1. The molecule has 60 valence electrons. The number of nitrogens with zero attached hydrogens (tertiary/aromatic N) is 1. The fourth-order valence-electron chi connectivity index (χ4n) is 0.915. The molecule has 1 atom stereocenters. The third-order valence-corrected chi connectivity index (χ3v) is 1.49. The van der Waals surface area contributed by atoms with Crippen molar-refractivity contribution >= 4 is 12.3 Å². The van der Waals surface area contributed by atoms with E-state index in [4.69, 9.17) is 5.41 Å². The summed E-state index contributed by atoms with van der Waals surface area (Å²) in [5.74, 6) is 0. The Morgan fingerprint density at radius 2 is 2.08 bits per heavy atom. The molecular weight excluding hydrogens is 152 g/mol. The van der Waals surface area contributed by atoms with Gasteiger partial charge in [0.25, 0.3) is 0 Å². The van der Waals surface area contributed by atoms with Gasteiger partial charge in [-0.05, 0) is 5.56 Å². The minimum Gasteiger partial charge on any atom is -0.310 e. The van der Waals surface area contributed by atoms with Crippen LogP contribution in [0.4, 0.5) is 0 Å². The second-order valence-electron chi connectivity index (χ2n) is 2.24. The molecular formula is C9H8N2O. The van der Waals surface area contributed by atoms with Crippen LogP contribution in [0.2, 0.25) is 0 Å². The van der Waals surface area contributed by atoms with E-state index in [0.717, 1.165) is 11.8 Å². The zero-order valence-corrected chi connectivity index (χ0v) is 6.40. The highest BCUT2D eigenvalue weighted by Gasteiger charge is 2.03. The lowest BCUT2D eigenvalue weighted by Gasteiger charge is -2.02. The second kappa shape index (κ2) is 4.21. The Morgan fingerprint density at radius 3 is 2.58 bits per heavy atom. The summed E-state index contributed by atoms with van der Waals surface area (Å²) in [5, 5.41) is 7.00. The molecule has 0 radical (unpaired) electrons. The first-order chi connectivity index (χ1) is 5.88. The SMILES string of the molecule is N=CC(N=C=O)c1ccccc1. The van der Waals surface area contributed by atoms with Gasteiger partial charge in [-0.25, -0.2) is 4.79 Å². The quantitative estimate of drug-likeness (QED) is 0.531. The summed E-state index contributed by atoms with van der Waals surface area (Å²) in [6.07, 6.45) is 2.55. The lowest BCUT2D eigenvalue weighted by molar-refractivity contribution is 0.562. The Morgan fingerprint density at radius 1 is 1.42 bits per heavy atom. The molecule has 3 heteroatoms. The smallest absolute Gasteiger partial charge is 0.235 e. The van der Waals surface area contributed by atoms with Crippen LogP contribution in [0.3, 0.4) is 0 Å². The van der Waals surface area contributed by atoms with Crippen molar-refractivity contribution in [3.8, 4) is 0 Å². The highest BCUT2D eigenvalue weighted by Crippen LogP contribution is 2.12. The number of carbonyl (C=O) groups excluding carboxylic acids is 1. The molecule has 1 rings (SSSR count). The summed E-state index contributed by atoms with van der Waals surface area (Å²) >= 11 is 0. The molecule has 1 N–H and O–H groups in total. The zero-order chi connectivity index (χ0) is 8.81.